The third-order valence-corrected chi connectivity index (χ3v) is 3.85. The van der Waals surface area contributed by atoms with Gasteiger partial charge in [-0.2, -0.15) is 0 Å². The lowest BCUT2D eigenvalue weighted by Gasteiger charge is -2.27. The Morgan fingerprint density at radius 2 is 2.00 bits per heavy atom. The largest absolute Gasteiger partial charge is 0.482 e. The van der Waals surface area contributed by atoms with Crippen molar-refractivity contribution in [2.24, 2.45) is 0 Å². The number of anilines is 1. The van der Waals surface area contributed by atoms with Crippen LogP contribution in [0, 0.1) is 13.8 Å². The van der Waals surface area contributed by atoms with E-state index in [-0.39, 0.29) is 11.9 Å². The molecule has 0 radical (unpaired) electrons. The van der Waals surface area contributed by atoms with Crippen molar-refractivity contribution in [3.63, 3.8) is 0 Å². The van der Waals surface area contributed by atoms with Gasteiger partial charge in [-0.05, 0) is 48.7 Å². The summed E-state index contributed by atoms with van der Waals surface area (Å²) in [5, 5.41) is 0. The number of aryl methyl sites for hydroxylation is 1. The first-order chi connectivity index (χ1) is 9.58. The molecule has 2 heterocycles. The van der Waals surface area contributed by atoms with Crippen LogP contribution in [0.5, 0.6) is 5.75 Å². The van der Waals surface area contributed by atoms with Crippen LogP contribution in [-0.2, 0) is 0 Å². The molecule has 1 unspecified atom stereocenters. The van der Waals surface area contributed by atoms with E-state index in [1.807, 2.05) is 32.0 Å². The van der Waals surface area contributed by atoms with Crippen molar-refractivity contribution in [3.8, 4) is 5.75 Å². The molecule has 4 heteroatoms. The Labute approximate surface area is 117 Å². The van der Waals surface area contributed by atoms with Crippen molar-refractivity contribution in [2.45, 2.75) is 26.4 Å². The molecule has 0 aliphatic carbocycles. The molecule has 1 aliphatic rings. The molecule has 2 N–H and O–H groups in total. The number of benzene rings is 1. The van der Waals surface area contributed by atoms with E-state index in [9.17, 15) is 4.79 Å². The van der Waals surface area contributed by atoms with E-state index >= 15 is 0 Å². The Hall–Kier alpha value is -2.36. The molecular formula is C16H16N2O2. The van der Waals surface area contributed by atoms with Crippen molar-refractivity contribution in [1.82, 2.24) is 4.98 Å². The van der Waals surface area contributed by atoms with Gasteiger partial charge in [0.1, 0.15) is 6.10 Å². The van der Waals surface area contributed by atoms with E-state index in [0.29, 0.717) is 23.4 Å². The van der Waals surface area contributed by atoms with Crippen LogP contribution in [0.2, 0.25) is 0 Å². The van der Waals surface area contributed by atoms with Crippen LogP contribution in [0.25, 0.3) is 0 Å². The molecule has 1 aliphatic heterocycles. The number of pyridine rings is 1. The van der Waals surface area contributed by atoms with Crippen molar-refractivity contribution < 1.29 is 9.53 Å². The monoisotopic (exact) mass is 268 g/mol. The number of carbonyl (C=O) groups excluding carboxylic acids is 1. The first kappa shape index (κ1) is 12.7. The fourth-order valence-corrected chi connectivity index (χ4v) is 2.48. The number of hydrogen-bond donors (Lipinski definition) is 1. The second-order valence-electron chi connectivity index (χ2n) is 5.12. The van der Waals surface area contributed by atoms with Gasteiger partial charge in [0, 0.05) is 12.4 Å². The molecule has 0 fully saturated rings. The van der Waals surface area contributed by atoms with Gasteiger partial charge in [0.2, 0.25) is 0 Å². The van der Waals surface area contributed by atoms with Crippen LogP contribution in [0.4, 0.5) is 5.69 Å². The molecule has 1 aromatic carbocycles. The molecule has 0 saturated carbocycles. The highest BCUT2D eigenvalue weighted by molar-refractivity contribution is 6.02. The minimum absolute atomic E-state index is 0.0721. The third kappa shape index (κ3) is 1.93. The summed E-state index contributed by atoms with van der Waals surface area (Å²) < 4.78 is 5.98. The van der Waals surface area contributed by atoms with E-state index in [1.165, 1.54) is 0 Å². The summed E-state index contributed by atoms with van der Waals surface area (Å²) in [5.74, 6) is 0.592. The molecule has 0 amide bonds. The second-order valence-corrected chi connectivity index (χ2v) is 5.12. The number of Topliss-reactive ketones (excluding diaryl/α,β-unsaturated/α-hetero) is 1. The van der Waals surface area contributed by atoms with Crippen molar-refractivity contribution in [3.05, 3.63) is 52.8 Å². The summed E-state index contributed by atoms with van der Waals surface area (Å²) in [6, 6.07) is 5.59. The van der Waals surface area contributed by atoms with E-state index in [2.05, 4.69) is 4.98 Å². The smallest absolute Gasteiger partial charge is 0.170 e. The van der Waals surface area contributed by atoms with Crippen LogP contribution < -0.4 is 10.5 Å². The molecule has 1 atom stereocenters. The minimum Gasteiger partial charge on any atom is -0.482 e. The minimum atomic E-state index is -0.289. The SMILES string of the molecule is Cc1cc2c(c(N)c1C)OC(c1ccncc1)CC2=O. The van der Waals surface area contributed by atoms with E-state index in [1.54, 1.807) is 12.4 Å². The highest BCUT2D eigenvalue weighted by atomic mass is 16.5. The number of rotatable bonds is 1. The number of hydrogen-bond acceptors (Lipinski definition) is 4. The van der Waals surface area contributed by atoms with Gasteiger partial charge in [-0.3, -0.25) is 9.78 Å². The number of nitrogens with zero attached hydrogens (tertiary/aromatic N) is 1. The lowest BCUT2D eigenvalue weighted by Crippen LogP contribution is -2.22. The highest BCUT2D eigenvalue weighted by Crippen LogP contribution is 2.41. The average molecular weight is 268 g/mol. The molecule has 0 bridgehead atoms. The number of carbonyl (C=O) groups is 1. The van der Waals surface area contributed by atoms with Gasteiger partial charge in [0.25, 0.3) is 0 Å². The Kier molecular flexibility index (Phi) is 2.93. The molecule has 2 aromatic rings. The molecule has 1 aromatic heterocycles. The van der Waals surface area contributed by atoms with Crippen molar-refractivity contribution in [2.75, 3.05) is 5.73 Å². The first-order valence-corrected chi connectivity index (χ1v) is 6.57. The number of ketones is 1. The summed E-state index contributed by atoms with van der Waals surface area (Å²) >= 11 is 0. The number of nitrogen functional groups attached to an aromatic ring is 1. The Morgan fingerprint density at radius 3 is 2.70 bits per heavy atom. The molecule has 0 spiro atoms. The normalized spacial score (nSPS) is 17.5. The molecule has 20 heavy (non-hydrogen) atoms. The van der Waals surface area contributed by atoms with Gasteiger partial charge < -0.3 is 10.5 Å². The maximum Gasteiger partial charge on any atom is 0.170 e. The Balaban J connectivity index is 2.07. The zero-order chi connectivity index (χ0) is 14.3. The van der Waals surface area contributed by atoms with Crippen molar-refractivity contribution in [1.29, 1.82) is 0 Å². The van der Waals surface area contributed by atoms with Crippen LogP contribution in [0.15, 0.2) is 30.6 Å². The van der Waals surface area contributed by atoms with Gasteiger partial charge in [0.15, 0.2) is 11.5 Å². The quantitative estimate of drug-likeness (QED) is 0.807. The predicted octanol–water partition coefficient (Wildman–Crippen LogP) is 2.99. The van der Waals surface area contributed by atoms with E-state index < -0.39 is 0 Å². The summed E-state index contributed by atoms with van der Waals surface area (Å²) in [7, 11) is 0. The molecule has 3 rings (SSSR count). The summed E-state index contributed by atoms with van der Waals surface area (Å²) in [6.07, 6.45) is 3.44. The number of aromatic nitrogens is 1. The zero-order valence-electron chi connectivity index (χ0n) is 11.5. The molecular weight excluding hydrogens is 252 g/mol. The molecule has 4 nitrogen and oxygen atoms in total. The van der Waals surface area contributed by atoms with Crippen molar-refractivity contribution >= 4 is 11.5 Å². The maximum absolute atomic E-state index is 12.3. The fraction of sp³-hybridized carbons (Fsp3) is 0.250. The van der Waals surface area contributed by atoms with Gasteiger partial charge in [0.05, 0.1) is 17.7 Å². The fourth-order valence-electron chi connectivity index (χ4n) is 2.48. The maximum atomic E-state index is 12.3. The average Bonchev–Trinajstić information content (AvgIpc) is 2.47. The number of nitrogens with two attached hydrogens (primary N) is 1. The summed E-state index contributed by atoms with van der Waals surface area (Å²) in [5.41, 5.74) is 10.2. The molecule has 0 saturated heterocycles. The summed E-state index contributed by atoms with van der Waals surface area (Å²) in [4.78, 5) is 16.3. The van der Waals surface area contributed by atoms with Gasteiger partial charge in [-0.15, -0.1) is 0 Å². The van der Waals surface area contributed by atoms with Crippen LogP contribution in [-0.4, -0.2) is 10.8 Å². The second kappa shape index (κ2) is 4.63. The number of ether oxygens (including phenoxy) is 1. The number of fused-ring (bicyclic) bond motifs is 1. The standard InChI is InChI=1S/C16H16N2O2/c1-9-7-12-13(19)8-14(11-3-5-18-6-4-11)20-16(12)15(17)10(9)2/h3-7,14H,8,17H2,1-2H3. The lowest BCUT2D eigenvalue weighted by atomic mass is 9.93. The third-order valence-electron chi connectivity index (χ3n) is 3.85. The Bertz CT molecular complexity index is 681. The topological polar surface area (TPSA) is 65.2 Å². The van der Waals surface area contributed by atoms with E-state index in [4.69, 9.17) is 10.5 Å². The van der Waals surface area contributed by atoms with Gasteiger partial charge in [-0.1, -0.05) is 0 Å². The predicted molar refractivity (Wildman–Crippen MR) is 76.9 cm³/mol. The summed E-state index contributed by atoms with van der Waals surface area (Å²) in [6.45, 7) is 3.89. The van der Waals surface area contributed by atoms with Crippen LogP contribution in [0.3, 0.4) is 0 Å². The van der Waals surface area contributed by atoms with E-state index in [0.717, 1.165) is 16.7 Å². The van der Waals surface area contributed by atoms with Crippen LogP contribution >= 0.6 is 0 Å². The van der Waals surface area contributed by atoms with Crippen LogP contribution in [0.1, 0.15) is 39.6 Å². The zero-order valence-corrected chi connectivity index (χ0v) is 11.5. The van der Waals surface area contributed by atoms with Gasteiger partial charge >= 0.3 is 0 Å². The lowest BCUT2D eigenvalue weighted by molar-refractivity contribution is 0.0851. The Morgan fingerprint density at radius 1 is 1.30 bits per heavy atom. The highest BCUT2D eigenvalue weighted by Gasteiger charge is 2.30. The first-order valence-electron chi connectivity index (χ1n) is 6.57. The molecule has 102 valence electrons. The van der Waals surface area contributed by atoms with Gasteiger partial charge in [-0.25, -0.2) is 0 Å².